The van der Waals surface area contributed by atoms with Crippen molar-refractivity contribution in [1.29, 1.82) is 10.5 Å². The number of pyridine rings is 1. The quantitative estimate of drug-likeness (QED) is 0.193. The molecule has 11 heteroatoms. The van der Waals surface area contributed by atoms with Gasteiger partial charge in [0.1, 0.15) is 34.8 Å². The summed E-state index contributed by atoms with van der Waals surface area (Å²) in [7, 11) is 0. The van der Waals surface area contributed by atoms with E-state index in [9.17, 15) is 25.4 Å². The van der Waals surface area contributed by atoms with Crippen LogP contribution in [0.25, 0.3) is 28.1 Å². The first-order chi connectivity index (χ1) is 19.4. The summed E-state index contributed by atoms with van der Waals surface area (Å²) in [4.78, 5) is 23.8. The highest BCUT2D eigenvalue weighted by Gasteiger charge is 2.22. The third-order valence-corrected chi connectivity index (χ3v) is 6.10. The zero-order valence-electron chi connectivity index (χ0n) is 20.7. The number of rotatable bonds is 6. The predicted molar refractivity (Wildman–Crippen MR) is 149 cm³/mol. The lowest BCUT2D eigenvalue weighted by atomic mass is 9.96. The van der Waals surface area contributed by atoms with Gasteiger partial charge >= 0.3 is 0 Å². The van der Waals surface area contributed by atoms with Gasteiger partial charge in [-0.25, -0.2) is 4.68 Å². The molecular weight excluding hydrogens is 508 g/mol. The number of hydrogen-bond donors (Lipinski definition) is 1. The van der Waals surface area contributed by atoms with E-state index < -0.39 is 10.5 Å². The van der Waals surface area contributed by atoms with Gasteiger partial charge in [0.05, 0.1) is 16.8 Å². The van der Waals surface area contributed by atoms with Crippen LogP contribution in [0.1, 0.15) is 16.7 Å². The van der Waals surface area contributed by atoms with Crippen LogP contribution in [-0.4, -0.2) is 25.6 Å². The molecule has 0 atom stereocenters. The molecule has 40 heavy (non-hydrogen) atoms. The Morgan fingerprint density at radius 2 is 1.52 bits per heavy atom. The average molecular weight is 527 g/mol. The number of nitro benzene ring substituents is 1. The molecule has 11 nitrogen and oxygen atoms in total. The minimum atomic E-state index is -0.847. The van der Waals surface area contributed by atoms with Gasteiger partial charge in [0, 0.05) is 35.0 Å². The van der Waals surface area contributed by atoms with Gasteiger partial charge in [-0.3, -0.25) is 14.9 Å². The van der Waals surface area contributed by atoms with Crippen molar-refractivity contribution in [3.63, 3.8) is 0 Å². The fourth-order valence-electron chi connectivity index (χ4n) is 4.19. The number of nitriles is 2. The summed E-state index contributed by atoms with van der Waals surface area (Å²) in [6.45, 7) is 0. The third-order valence-electron chi connectivity index (χ3n) is 6.10. The normalized spacial score (nSPS) is 10.8. The lowest BCUT2D eigenvalue weighted by Crippen LogP contribution is -2.25. The van der Waals surface area contributed by atoms with Gasteiger partial charge in [-0.05, 0) is 29.8 Å². The van der Waals surface area contributed by atoms with Crippen molar-refractivity contribution in [2.75, 3.05) is 5.73 Å². The molecule has 0 aliphatic rings. The van der Waals surface area contributed by atoms with E-state index in [1.807, 2.05) is 72.8 Å². The molecule has 0 unspecified atom stereocenters. The Hall–Kier alpha value is -6.33. The molecule has 0 aliphatic heterocycles. The Balaban J connectivity index is 1.66. The van der Waals surface area contributed by atoms with Gasteiger partial charge in [0.25, 0.3) is 11.2 Å². The molecule has 0 saturated carbocycles. The molecule has 2 N–H and O–H groups in total. The Morgan fingerprint density at radius 1 is 0.900 bits per heavy atom. The first-order valence-electron chi connectivity index (χ1n) is 11.8. The molecule has 3 aromatic carbocycles. The fraction of sp³-hybridized carbons (Fsp3) is 0. The van der Waals surface area contributed by atoms with Crippen LogP contribution in [-0.2, 0) is 0 Å². The van der Waals surface area contributed by atoms with Crippen LogP contribution in [0.3, 0.4) is 0 Å². The number of nitrogen functional groups attached to an aromatic ring is 1. The summed E-state index contributed by atoms with van der Waals surface area (Å²) in [5.41, 5.74) is 7.66. The highest BCUT2D eigenvalue weighted by atomic mass is 16.6. The summed E-state index contributed by atoms with van der Waals surface area (Å²) >= 11 is 0. The highest BCUT2D eigenvalue weighted by molar-refractivity contribution is 5.89. The molecule has 5 rings (SSSR count). The SMILES string of the molecule is N#Cc1c(-c2ccc([N+](=O)[O-])cc2)c(C#N)c(=O)n(/N=C/c2cn(-c3ccccc3)nc2-c2ccccc2)c1N. The van der Waals surface area contributed by atoms with Gasteiger partial charge in [0.15, 0.2) is 0 Å². The standard InChI is InChI=1S/C29H18N8O3/c30-15-24-26(19-11-13-23(14-12-19)37(39)40)25(16-31)29(38)36(28(24)32)33-17-21-18-35(22-9-5-2-6-10-22)34-27(21)20-7-3-1-4-8-20/h1-14,17-18H,32H2/b33-17+. The predicted octanol–water partition coefficient (Wildman–Crippen LogP) is 4.48. The van der Waals surface area contributed by atoms with Crippen molar-refractivity contribution in [2.45, 2.75) is 0 Å². The van der Waals surface area contributed by atoms with Crippen LogP contribution in [0.4, 0.5) is 11.5 Å². The maximum atomic E-state index is 13.4. The van der Waals surface area contributed by atoms with Crippen LogP contribution in [0.15, 0.2) is 101 Å². The monoisotopic (exact) mass is 526 g/mol. The minimum Gasteiger partial charge on any atom is -0.382 e. The summed E-state index contributed by atoms with van der Waals surface area (Å²) in [6.07, 6.45) is 3.13. The topological polar surface area (TPSA) is 169 Å². The smallest absolute Gasteiger partial charge is 0.291 e. The van der Waals surface area contributed by atoms with Crippen molar-refractivity contribution in [1.82, 2.24) is 14.5 Å². The second-order valence-corrected chi connectivity index (χ2v) is 8.48. The lowest BCUT2D eigenvalue weighted by Gasteiger charge is -2.12. The Labute approximate surface area is 227 Å². The lowest BCUT2D eigenvalue weighted by molar-refractivity contribution is -0.384. The van der Waals surface area contributed by atoms with E-state index in [2.05, 4.69) is 5.10 Å². The van der Waals surface area contributed by atoms with E-state index in [4.69, 9.17) is 10.8 Å². The van der Waals surface area contributed by atoms with Crippen LogP contribution in [0, 0.1) is 32.8 Å². The highest BCUT2D eigenvalue weighted by Crippen LogP contribution is 2.30. The van der Waals surface area contributed by atoms with Gasteiger partial charge < -0.3 is 5.73 Å². The van der Waals surface area contributed by atoms with Crippen LogP contribution in [0.5, 0.6) is 0 Å². The number of nitrogens with two attached hydrogens (primary N) is 1. The van der Waals surface area contributed by atoms with E-state index in [-0.39, 0.29) is 33.8 Å². The van der Waals surface area contributed by atoms with Crippen LogP contribution in [0.2, 0.25) is 0 Å². The molecule has 0 radical (unpaired) electrons. The van der Waals surface area contributed by atoms with Gasteiger partial charge in [-0.1, -0.05) is 48.5 Å². The largest absolute Gasteiger partial charge is 0.382 e. The molecule has 2 aromatic heterocycles. The summed E-state index contributed by atoms with van der Waals surface area (Å²) in [5.74, 6) is -0.284. The van der Waals surface area contributed by atoms with Crippen molar-refractivity contribution < 1.29 is 4.92 Å². The summed E-state index contributed by atoms with van der Waals surface area (Å²) < 4.78 is 2.47. The summed E-state index contributed by atoms with van der Waals surface area (Å²) in [6, 6.07) is 27.7. The summed E-state index contributed by atoms with van der Waals surface area (Å²) in [5, 5.41) is 39.8. The number of non-ortho nitro benzene ring substituents is 1. The number of nitrogens with zero attached hydrogens (tertiary/aromatic N) is 7. The molecule has 0 bridgehead atoms. The maximum Gasteiger partial charge on any atom is 0.291 e. The number of para-hydroxylation sites is 1. The molecule has 0 spiro atoms. The molecule has 192 valence electrons. The number of hydrogen-bond acceptors (Lipinski definition) is 8. The number of nitro groups is 1. The van der Waals surface area contributed by atoms with Crippen LogP contribution >= 0.6 is 0 Å². The zero-order chi connectivity index (χ0) is 28.2. The molecule has 0 fully saturated rings. The molecule has 5 aromatic rings. The van der Waals surface area contributed by atoms with Crippen molar-refractivity contribution in [2.24, 2.45) is 5.10 Å². The van der Waals surface area contributed by atoms with Crippen molar-refractivity contribution in [3.05, 3.63) is 128 Å². The molecule has 0 aliphatic carbocycles. The number of aromatic nitrogens is 3. The second kappa shape index (κ2) is 10.6. The second-order valence-electron chi connectivity index (χ2n) is 8.48. The van der Waals surface area contributed by atoms with Gasteiger partial charge in [-0.15, -0.1) is 0 Å². The number of anilines is 1. The van der Waals surface area contributed by atoms with E-state index in [0.717, 1.165) is 15.9 Å². The van der Waals surface area contributed by atoms with Gasteiger partial charge in [-0.2, -0.15) is 25.4 Å². The number of benzene rings is 3. The molecule has 2 heterocycles. The zero-order valence-corrected chi connectivity index (χ0v) is 20.7. The Kier molecular flexibility index (Phi) is 6.69. The first-order valence-corrected chi connectivity index (χ1v) is 11.8. The molecule has 0 saturated heterocycles. The van der Waals surface area contributed by atoms with E-state index in [1.165, 1.54) is 30.5 Å². The fourth-order valence-corrected chi connectivity index (χ4v) is 4.19. The Morgan fingerprint density at radius 3 is 2.12 bits per heavy atom. The minimum absolute atomic E-state index is 0.0179. The Bertz CT molecular complexity index is 1910. The first kappa shape index (κ1) is 25.3. The maximum absolute atomic E-state index is 13.4. The van der Waals surface area contributed by atoms with E-state index >= 15 is 0 Å². The average Bonchev–Trinajstić information content (AvgIpc) is 3.42. The van der Waals surface area contributed by atoms with Gasteiger partial charge in [0.2, 0.25) is 0 Å². The molecular formula is C29H18N8O3. The third kappa shape index (κ3) is 4.58. The van der Waals surface area contributed by atoms with Crippen LogP contribution < -0.4 is 11.3 Å². The van der Waals surface area contributed by atoms with Crippen molar-refractivity contribution >= 4 is 17.7 Å². The van der Waals surface area contributed by atoms with Crippen molar-refractivity contribution in [3.8, 4) is 40.2 Å². The van der Waals surface area contributed by atoms with E-state index in [0.29, 0.717) is 11.3 Å². The molecule has 0 amide bonds. The van der Waals surface area contributed by atoms with E-state index in [1.54, 1.807) is 10.9 Å².